The van der Waals surface area contributed by atoms with E-state index < -0.39 is 0 Å². The number of nitrogens with two attached hydrogens (primary N) is 1. The maximum absolute atomic E-state index is 5.78. The van der Waals surface area contributed by atoms with Crippen molar-refractivity contribution in [3.8, 4) is 0 Å². The normalized spacial score (nSPS) is 13.4. The van der Waals surface area contributed by atoms with Crippen LogP contribution in [0.15, 0.2) is 22.6 Å². The molecule has 2 atom stereocenters. The number of hydrogen-bond donors (Lipinski definition) is 1. The van der Waals surface area contributed by atoms with E-state index in [2.05, 4.69) is 24.0 Å². The minimum absolute atomic E-state index is 0.254. The van der Waals surface area contributed by atoms with E-state index in [1.807, 2.05) is 13.0 Å². The quantitative estimate of drug-likeness (QED) is 0.532. The van der Waals surface area contributed by atoms with Gasteiger partial charge in [-0.1, -0.05) is 19.8 Å². The van der Waals surface area contributed by atoms with Crippen LogP contribution < -0.4 is 11.0 Å². The predicted molar refractivity (Wildman–Crippen MR) is 94.0 cm³/mol. The highest BCUT2D eigenvalue weighted by molar-refractivity contribution is 7.41. The molecule has 4 nitrogen and oxygen atoms in total. The van der Waals surface area contributed by atoms with E-state index in [-0.39, 0.29) is 6.04 Å². The summed E-state index contributed by atoms with van der Waals surface area (Å²) in [5.41, 5.74) is 7.53. The van der Waals surface area contributed by atoms with Gasteiger partial charge in [0.1, 0.15) is 5.52 Å². The molecule has 0 aliphatic heterocycles. The summed E-state index contributed by atoms with van der Waals surface area (Å²) < 4.78 is 11.5. The third kappa shape index (κ3) is 5.68. The average Bonchev–Trinajstić information content (AvgIpc) is 2.89. The first-order valence-corrected chi connectivity index (χ1v) is 9.12. The molecule has 22 heavy (non-hydrogen) atoms. The zero-order valence-corrected chi connectivity index (χ0v) is 14.6. The van der Waals surface area contributed by atoms with Gasteiger partial charge in [0.15, 0.2) is 11.5 Å². The van der Waals surface area contributed by atoms with Crippen LogP contribution in [-0.4, -0.2) is 17.6 Å². The Bertz CT molecular complexity index is 569. The van der Waals surface area contributed by atoms with Crippen LogP contribution in [-0.2, 0) is 10.9 Å². The zero-order chi connectivity index (χ0) is 15.8. The molecule has 2 rings (SSSR count). The molecule has 0 saturated heterocycles. The standard InChI is InChI=1S/C17H27N2O2P/c1-3-4-5-8-17-19-15-12-14(9-10-16(15)21-17)22-20-11-6-7-13(2)18/h9-10,12-13,22H,3-8,11,18H2,1-2H3/t13-/m1/s1. The number of aryl methyl sites for hydroxylation is 1. The summed E-state index contributed by atoms with van der Waals surface area (Å²) in [5.74, 6) is 0.849. The number of hydrogen-bond acceptors (Lipinski definition) is 4. The highest BCUT2D eigenvalue weighted by Crippen LogP contribution is 2.20. The van der Waals surface area contributed by atoms with Crippen LogP contribution in [0.1, 0.15) is 51.8 Å². The first-order valence-electron chi connectivity index (χ1n) is 8.22. The molecule has 0 radical (unpaired) electrons. The Hall–Kier alpha value is -0.960. The van der Waals surface area contributed by atoms with Crippen molar-refractivity contribution >= 4 is 25.2 Å². The Balaban J connectivity index is 1.84. The molecule has 0 fully saturated rings. The second-order valence-corrected chi connectivity index (χ2v) is 6.89. The summed E-state index contributed by atoms with van der Waals surface area (Å²) in [6.45, 7) is 4.99. The van der Waals surface area contributed by atoms with E-state index in [4.69, 9.17) is 14.7 Å². The zero-order valence-electron chi connectivity index (χ0n) is 13.6. The second-order valence-electron chi connectivity index (χ2n) is 5.82. The highest BCUT2D eigenvalue weighted by Gasteiger charge is 2.06. The van der Waals surface area contributed by atoms with Gasteiger partial charge < -0.3 is 14.7 Å². The van der Waals surface area contributed by atoms with E-state index in [1.54, 1.807) is 0 Å². The van der Waals surface area contributed by atoms with Gasteiger partial charge in [-0.25, -0.2) is 4.98 Å². The summed E-state index contributed by atoms with van der Waals surface area (Å²) in [5, 5.41) is 1.17. The van der Waals surface area contributed by atoms with Crippen LogP contribution in [0.4, 0.5) is 0 Å². The number of oxazole rings is 1. The lowest BCUT2D eigenvalue weighted by Gasteiger charge is -2.05. The van der Waals surface area contributed by atoms with E-state index in [0.29, 0.717) is 8.81 Å². The van der Waals surface area contributed by atoms with E-state index in [9.17, 15) is 0 Å². The second kappa shape index (κ2) is 9.24. The molecule has 2 N–H and O–H groups in total. The number of nitrogens with zero attached hydrogens (tertiary/aromatic N) is 1. The lowest BCUT2D eigenvalue weighted by molar-refractivity contribution is 0.346. The molecule has 0 aliphatic carbocycles. The fourth-order valence-electron chi connectivity index (χ4n) is 2.28. The topological polar surface area (TPSA) is 61.3 Å². The lowest BCUT2D eigenvalue weighted by Crippen LogP contribution is -2.14. The first kappa shape index (κ1) is 17.4. The van der Waals surface area contributed by atoms with Gasteiger partial charge in [0, 0.05) is 26.6 Å². The highest BCUT2D eigenvalue weighted by atomic mass is 31.1. The minimum Gasteiger partial charge on any atom is -0.441 e. The molecule has 5 heteroatoms. The van der Waals surface area contributed by atoms with E-state index in [0.717, 1.165) is 49.3 Å². The molecule has 122 valence electrons. The summed E-state index contributed by atoms with van der Waals surface area (Å²) >= 11 is 0. The van der Waals surface area contributed by atoms with Crippen molar-refractivity contribution in [3.63, 3.8) is 0 Å². The Morgan fingerprint density at radius 2 is 2.18 bits per heavy atom. The third-order valence-corrected chi connectivity index (χ3v) is 4.42. The monoisotopic (exact) mass is 322 g/mol. The van der Waals surface area contributed by atoms with Crippen LogP contribution in [0.25, 0.3) is 11.1 Å². The smallest absolute Gasteiger partial charge is 0.195 e. The summed E-state index contributed by atoms with van der Waals surface area (Å²) in [6.07, 6.45) is 6.52. The Labute approximate surface area is 134 Å². The van der Waals surface area contributed by atoms with E-state index >= 15 is 0 Å². The molecule has 0 amide bonds. The molecular formula is C17H27N2O2P. The molecule has 0 aliphatic rings. The molecule has 0 bridgehead atoms. The number of benzene rings is 1. The molecule has 1 heterocycles. The fraction of sp³-hybridized carbons (Fsp3) is 0.588. The van der Waals surface area contributed by atoms with Crippen molar-refractivity contribution in [2.45, 2.75) is 58.4 Å². The van der Waals surface area contributed by atoms with Gasteiger partial charge in [0.2, 0.25) is 0 Å². The van der Waals surface area contributed by atoms with Crippen molar-refractivity contribution in [1.82, 2.24) is 4.98 Å². The Morgan fingerprint density at radius 3 is 2.95 bits per heavy atom. The number of aromatic nitrogens is 1. The van der Waals surface area contributed by atoms with Crippen molar-refractivity contribution < 1.29 is 8.94 Å². The first-order chi connectivity index (χ1) is 10.7. The number of unbranched alkanes of at least 4 members (excludes halogenated alkanes) is 2. The van der Waals surface area contributed by atoms with Gasteiger partial charge >= 0.3 is 0 Å². The Kier molecular flexibility index (Phi) is 7.31. The molecule has 1 unspecified atom stereocenters. The summed E-state index contributed by atoms with van der Waals surface area (Å²) in [6, 6.07) is 6.39. The molecule has 1 aromatic heterocycles. The molecule has 1 aromatic carbocycles. The minimum atomic E-state index is 0.254. The van der Waals surface area contributed by atoms with Crippen LogP contribution in [0.3, 0.4) is 0 Å². The average molecular weight is 322 g/mol. The number of rotatable bonds is 10. The molecule has 0 saturated carbocycles. The maximum Gasteiger partial charge on any atom is 0.195 e. The SMILES string of the molecule is CCCCCc1nc2cc(POCCC[C@@H](C)N)ccc2o1. The van der Waals surface area contributed by atoms with Gasteiger partial charge in [-0.05, 0) is 44.4 Å². The van der Waals surface area contributed by atoms with E-state index in [1.165, 1.54) is 18.1 Å². The van der Waals surface area contributed by atoms with Crippen LogP contribution in [0, 0.1) is 0 Å². The van der Waals surface area contributed by atoms with Crippen molar-refractivity contribution in [2.75, 3.05) is 6.61 Å². The largest absolute Gasteiger partial charge is 0.441 e. The van der Waals surface area contributed by atoms with Crippen LogP contribution in [0.2, 0.25) is 0 Å². The number of fused-ring (bicyclic) bond motifs is 1. The van der Waals surface area contributed by atoms with Crippen molar-refractivity contribution in [1.29, 1.82) is 0 Å². The lowest BCUT2D eigenvalue weighted by atomic mass is 10.2. The molecular weight excluding hydrogens is 295 g/mol. The van der Waals surface area contributed by atoms with Gasteiger partial charge in [0.25, 0.3) is 0 Å². The van der Waals surface area contributed by atoms with Crippen molar-refractivity contribution in [2.24, 2.45) is 5.73 Å². The van der Waals surface area contributed by atoms with Crippen molar-refractivity contribution in [3.05, 3.63) is 24.1 Å². The van der Waals surface area contributed by atoms with Gasteiger partial charge in [-0.3, -0.25) is 0 Å². The summed E-state index contributed by atoms with van der Waals surface area (Å²) in [7, 11) is 0.359. The van der Waals surface area contributed by atoms with Crippen LogP contribution >= 0.6 is 8.81 Å². The maximum atomic E-state index is 5.78. The fourth-order valence-corrected chi connectivity index (χ4v) is 3.04. The third-order valence-electron chi connectivity index (χ3n) is 3.52. The molecule has 2 aromatic rings. The Morgan fingerprint density at radius 1 is 1.32 bits per heavy atom. The van der Waals surface area contributed by atoms with Gasteiger partial charge in [-0.15, -0.1) is 0 Å². The van der Waals surface area contributed by atoms with Gasteiger partial charge in [0.05, 0.1) is 6.61 Å². The molecule has 0 spiro atoms. The predicted octanol–water partition coefficient (Wildman–Crippen LogP) is 3.92. The van der Waals surface area contributed by atoms with Gasteiger partial charge in [-0.2, -0.15) is 0 Å². The summed E-state index contributed by atoms with van der Waals surface area (Å²) in [4.78, 5) is 4.58. The van der Waals surface area contributed by atoms with Crippen LogP contribution in [0.5, 0.6) is 0 Å².